The van der Waals surface area contributed by atoms with Crippen molar-refractivity contribution in [1.29, 1.82) is 0 Å². The van der Waals surface area contributed by atoms with E-state index >= 15 is 0 Å². The molecule has 2 heterocycles. The second-order valence-electron chi connectivity index (χ2n) is 7.19. The van der Waals surface area contributed by atoms with Gasteiger partial charge in [0, 0.05) is 7.05 Å². The SMILES string of the molecule is CN(Cc1nc2ccccc2s1)C(=O)C[NH+]1CCN(c2ccccc2Cl)CC1. The third-order valence-electron chi connectivity index (χ3n) is 5.20. The summed E-state index contributed by atoms with van der Waals surface area (Å²) in [4.78, 5) is 22.7. The highest BCUT2D eigenvalue weighted by molar-refractivity contribution is 7.18. The minimum atomic E-state index is 0.167. The minimum absolute atomic E-state index is 0.167. The van der Waals surface area contributed by atoms with Crippen molar-refractivity contribution in [3.8, 4) is 0 Å². The molecule has 0 unspecified atom stereocenters. The maximum atomic E-state index is 12.7. The Labute approximate surface area is 174 Å². The first-order valence-corrected chi connectivity index (χ1v) is 10.7. The molecule has 1 saturated heterocycles. The van der Waals surface area contributed by atoms with Gasteiger partial charge in [-0.25, -0.2) is 4.98 Å². The molecule has 4 rings (SSSR count). The Balaban J connectivity index is 1.29. The molecule has 1 amide bonds. The summed E-state index contributed by atoms with van der Waals surface area (Å²) in [6, 6.07) is 16.0. The van der Waals surface area contributed by atoms with E-state index in [-0.39, 0.29) is 5.91 Å². The number of likely N-dealkylation sites (N-methyl/N-ethyl adjacent to an activating group) is 1. The van der Waals surface area contributed by atoms with Gasteiger partial charge in [0.2, 0.25) is 0 Å². The van der Waals surface area contributed by atoms with E-state index in [4.69, 9.17) is 11.6 Å². The maximum absolute atomic E-state index is 12.7. The van der Waals surface area contributed by atoms with Crippen LogP contribution in [0.1, 0.15) is 5.01 Å². The summed E-state index contributed by atoms with van der Waals surface area (Å²) < 4.78 is 1.17. The van der Waals surface area contributed by atoms with Gasteiger partial charge >= 0.3 is 0 Å². The van der Waals surface area contributed by atoms with Crippen LogP contribution in [0.3, 0.4) is 0 Å². The van der Waals surface area contributed by atoms with Crippen LogP contribution in [0.25, 0.3) is 10.2 Å². The molecule has 1 fully saturated rings. The summed E-state index contributed by atoms with van der Waals surface area (Å²) in [6.45, 7) is 4.79. The normalized spacial score (nSPS) is 15.1. The number of nitrogens with one attached hydrogen (secondary N) is 1. The number of nitrogens with zero attached hydrogens (tertiary/aromatic N) is 3. The summed E-state index contributed by atoms with van der Waals surface area (Å²) in [7, 11) is 1.87. The average Bonchev–Trinajstić information content (AvgIpc) is 3.11. The molecule has 0 aliphatic carbocycles. The molecule has 0 saturated carbocycles. The molecule has 7 heteroatoms. The number of para-hydroxylation sites is 2. The van der Waals surface area contributed by atoms with Crippen LogP contribution in [0.2, 0.25) is 5.02 Å². The molecule has 5 nitrogen and oxygen atoms in total. The summed E-state index contributed by atoms with van der Waals surface area (Å²) in [5.74, 6) is 0.167. The summed E-state index contributed by atoms with van der Waals surface area (Å²) in [6.07, 6.45) is 0. The lowest BCUT2D eigenvalue weighted by molar-refractivity contribution is -0.892. The Morgan fingerprint density at radius 3 is 2.64 bits per heavy atom. The standard InChI is InChI=1S/C21H23ClN4OS/c1-24(14-20-23-17-7-3-5-9-19(17)28-20)21(27)15-25-10-12-26(13-11-25)18-8-4-2-6-16(18)22/h2-9H,10-15H2,1H3/p+1. The van der Waals surface area contributed by atoms with E-state index in [0.717, 1.165) is 47.4 Å². The molecule has 1 aliphatic heterocycles. The smallest absolute Gasteiger partial charge is 0.277 e. The van der Waals surface area contributed by atoms with Gasteiger partial charge in [-0.2, -0.15) is 0 Å². The fourth-order valence-electron chi connectivity index (χ4n) is 3.58. The van der Waals surface area contributed by atoms with Crippen molar-refractivity contribution in [3.05, 3.63) is 58.6 Å². The molecule has 0 spiro atoms. The number of benzene rings is 2. The van der Waals surface area contributed by atoms with E-state index in [1.165, 1.54) is 9.60 Å². The van der Waals surface area contributed by atoms with Crippen molar-refractivity contribution < 1.29 is 9.69 Å². The van der Waals surface area contributed by atoms with Crippen molar-refractivity contribution >= 4 is 44.7 Å². The number of amides is 1. The summed E-state index contributed by atoms with van der Waals surface area (Å²) >= 11 is 7.97. The Kier molecular flexibility index (Phi) is 5.80. The van der Waals surface area contributed by atoms with Gasteiger partial charge < -0.3 is 14.7 Å². The van der Waals surface area contributed by atoms with E-state index < -0.39 is 0 Å². The Morgan fingerprint density at radius 2 is 1.89 bits per heavy atom. The van der Waals surface area contributed by atoms with Crippen molar-refractivity contribution in [1.82, 2.24) is 9.88 Å². The number of aromatic nitrogens is 1. The van der Waals surface area contributed by atoms with Gasteiger partial charge in [-0.1, -0.05) is 35.9 Å². The zero-order valence-electron chi connectivity index (χ0n) is 15.9. The number of anilines is 1. The molecule has 3 aromatic rings. The first-order valence-electron chi connectivity index (χ1n) is 9.51. The van der Waals surface area contributed by atoms with Crippen LogP contribution >= 0.6 is 22.9 Å². The molecule has 1 aromatic heterocycles. The highest BCUT2D eigenvalue weighted by Gasteiger charge is 2.25. The van der Waals surface area contributed by atoms with Crippen molar-refractivity contribution in [2.75, 3.05) is 44.7 Å². The molecule has 0 bridgehead atoms. The molecule has 0 atom stereocenters. The number of fused-ring (bicyclic) bond motifs is 1. The summed E-state index contributed by atoms with van der Waals surface area (Å²) in [5.41, 5.74) is 2.09. The number of halogens is 1. The Hall–Kier alpha value is -2.15. The van der Waals surface area contributed by atoms with Gasteiger partial charge in [-0.05, 0) is 24.3 Å². The van der Waals surface area contributed by atoms with Crippen LogP contribution in [0.5, 0.6) is 0 Å². The molecule has 28 heavy (non-hydrogen) atoms. The van der Waals surface area contributed by atoms with Crippen LogP contribution in [0.4, 0.5) is 5.69 Å². The largest absolute Gasteiger partial charge is 0.359 e. The Morgan fingerprint density at radius 1 is 1.18 bits per heavy atom. The van der Waals surface area contributed by atoms with E-state index in [1.54, 1.807) is 16.2 Å². The lowest BCUT2D eigenvalue weighted by Gasteiger charge is -2.34. The highest BCUT2D eigenvalue weighted by atomic mass is 35.5. The number of quaternary nitrogens is 1. The first kappa shape index (κ1) is 19.2. The maximum Gasteiger partial charge on any atom is 0.277 e. The average molecular weight is 416 g/mol. The molecular weight excluding hydrogens is 392 g/mol. The number of piperazine rings is 1. The molecule has 2 aromatic carbocycles. The highest BCUT2D eigenvalue weighted by Crippen LogP contribution is 2.25. The van der Waals surface area contributed by atoms with Gasteiger partial charge in [-0.3, -0.25) is 4.79 Å². The van der Waals surface area contributed by atoms with Gasteiger partial charge in [0.05, 0.1) is 53.7 Å². The van der Waals surface area contributed by atoms with Gasteiger partial charge in [0.15, 0.2) is 6.54 Å². The molecule has 0 radical (unpaired) electrons. The number of hydrogen-bond donors (Lipinski definition) is 1. The second-order valence-corrected chi connectivity index (χ2v) is 8.71. The van der Waals surface area contributed by atoms with Gasteiger partial charge in [-0.15, -0.1) is 11.3 Å². The van der Waals surface area contributed by atoms with Crippen LogP contribution in [0, 0.1) is 0 Å². The topological polar surface area (TPSA) is 40.9 Å². The van der Waals surface area contributed by atoms with Crippen LogP contribution in [0.15, 0.2) is 48.5 Å². The predicted octanol–water partition coefficient (Wildman–Crippen LogP) is 2.31. The zero-order valence-corrected chi connectivity index (χ0v) is 17.5. The number of carbonyl (C=O) groups excluding carboxylic acids is 1. The third-order valence-corrected chi connectivity index (χ3v) is 6.54. The minimum Gasteiger partial charge on any atom is -0.359 e. The van der Waals surface area contributed by atoms with E-state index in [2.05, 4.69) is 22.0 Å². The molecular formula is C21H24ClN4OS+. The summed E-state index contributed by atoms with van der Waals surface area (Å²) in [5, 5.41) is 1.77. The first-order chi connectivity index (χ1) is 13.6. The molecule has 146 valence electrons. The lowest BCUT2D eigenvalue weighted by atomic mass is 10.2. The molecule has 1 aliphatic rings. The van der Waals surface area contributed by atoms with Crippen LogP contribution < -0.4 is 9.80 Å². The fourth-order valence-corrected chi connectivity index (χ4v) is 4.85. The number of hydrogen-bond acceptors (Lipinski definition) is 4. The fraction of sp³-hybridized carbons (Fsp3) is 0.333. The Bertz CT molecular complexity index is 935. The van der Waals surface area contributed by atoms with E-state index in [0.29, 0.717) is 13.1 Å². The molecule has 1 N–H and O–H groups in total. The zero-order chi connectivity index (χ0) is 19.5. The second kappa shape index (κ2) is 8.47. The third kappa shape index (κ3) is 4.29. The van der Waals surface area contributed by atoms with Gasteiger partial charge in [0.25, 0.3) is 5.91 Å². The van der Waals surface area contributed by atoms with Crippen LogP contribution in [-0.4, -0.2) is 55.6 Å². The van der Waals surface area contributed by atoms with E-state index in [1.807, 2.05) is 43.4 Å². The quantitative estimate of drug-likeness (QED) is 0.695. The predicted molar refractivity (Wildman–Crippen MR) is 115 cm³/mol. The number of rotatable bonds is 5. The lowest BCUT2D eigenvalue weighted by Crippen LogP contribution is -3.15. The van der Waals surface area contributed by atoms with Crippen molar-refractivity contribution in [2.24, 2.45) is 0 Å². The number of thiazole rings is 1. The van der Waals surface area contributed by atoms with Crippen molar-refractivity contribution in [3.63, 3.8) is 0 Å². The van der Waals surface area contributed by atoms with Crippen LogP contribution in [-0.2, 0) is 11.3 Å². The van der Waals surface area contributed by atoms with E-state index in [9.17, 15) is 4.79 Å². The monoisotopic (exact) mass is 415 g/mol. The number of carbonyl (C=O) groups is 1. The van der Waals surface area contributed by atoms with Crippen molar-refractivity contribution in [2.45, 2.75) is 6.54 Å². The van der Waals surface area contributed by atoms with Gasteiger partial charge in [0.1, 0.15) is 5.01 Å².